The monoisotopic (exact) mass is 417 g/mol. The van der Waals surface area contributed by atoms with Crippen molar-refractivity contribution < 1.29 is 14.3 Å². The zero-order valence-electron chi connectivity index (χ0n) is 18.0. The maximum Gasteiger partial charge on any atom is 0.340 e. The Balaban J connectivity index is 1.34. The van der Waals surface area contributed by atoms with E-state index in [1.54, 1.807) is 4.90 Å². The Hall–Kier alpha value is -3.54. The summed E-state index contributed by atoms with van der Waals surface area (Å²) >= 11 is 0. The first-order chi connectivity index (χ1) is 15.0. The van der Waals surface area contributed by atoms with E-state index in [-0.39, 0.29) is 12.5 Å². The quantitative estimate of drug-likeness (QED) is 0.596. The number of aromatic nitrogens is 1. The third-order valence-electron chi connectivity index (χ3n) is 5.75. The Morgan fingerprint density at radius 3 is 2.03 bits per heavy atom. The lowest BCUT2D eigenvalue weighted by Crippen LogP contribution is -2.49. The maximum absolute atomic E-state index is 12.7. The smallest absolute Gasteiger partial charge is 0.340 e. The molecule has 1 aliphatic heterocycles. The van der Waals surface area contributed by atoms with Crippen LogP contribution in [0.5, 0.6) is 0 Å². The van der Waals surface area contributed by atoms with Crippen molar-refractivity contribution >= 4 is 17.6 Å². The number of hydrogen-bond acceptors (Lipinski definition) is 4. The molecule has 0 aliphatic carbocycles. The molecule has 1 aromatic heterocycles. The van der Waals surface area contributed by atoms with Crippen molar-refractivity contribution in [2.75, 3.05) is 37.7 Å². The number of carbonyl (C=O) groups is 2. The molecule has 0 unspecified atom stereocenters. The lowest BCUT2D eigenvalue weighted by Gasteiger charge is -2.36. The fourth-order valence-corrected chi connectivity index (χ4v) is 4.09. The Labute approximate surface area is 182 Å². The molecule has 31 heavy (non-hydrogen) atoms. The summed E-state index contributed by atoms with van der Waals surface area (Å²) in [5, 5.41) is 0. The molecule has 0 spiro atoms. The summed E-state index contributed by atoms with van der Waals surface area (Å²) in [5.41, 5.74) is 4.39. The summed E-state index contributed by atoms with van der Waals surface area (Å²) in [6, 6.07) is 21.9. The highest BCUT2D eigenvalue weighted by Crippen LogP contribution is 2.21. The molecule has 0 atom stereocenters. The molecule has 1 fully saturated rings. The number of ether oxygens (including phenoxy) is 1. The predicted molar refractivity (Wildman–Crippen MR) is 121 cm³/mol. The molecule has 0 radical (unpaired) electrons. The second kappa shape index (κ2) is 9.08. The molecule has 1 amide bonds. The Morgan fingerprint density at radius 1 is 0.839 bits per heavy atom. The average molecular weight is 418 g/mol. The van der Waals surface area contributed by atoms with Gasteiger partial charge in [0.25, 0.3) is 5.91 Å². The van der Waals surface area contributed by atoms with Gasteiger partial charge in [-0.05, 0) is 44.2 Å². The van der Waals surface area contributed by atoms with Crippen molar-refractivity contribution in [3.05, 3.63) is 83.7 Å². The molecule has 0 bridgehead atoms. The van der Waals surface area contributed by atoms with Gasteiger partial charge in [-0.25, -0.2) is 4.79 Å². The molecule has 2 heterocycles. The molecule has 6 heteroatoms. The molecule has 1 saturated heterocycles. The number of piperazine rings is 1. The topological polar surface area (TPSA) is 54.8 Å². The van der Waals surface area contributed by atoms with Gasteiger partial charge < -0.3 is 19.1 Å². The van der Waals surface area contributed by atoms with Gasteiger partial charge in [0.1, 0.15) is 0 Å². The van der Waals surface area contributed by atoms with Crippen LogP contribution in [0.2, 0.25) is 0 Å². The number of amides is 1. The third-order valence-corrected chi connectivity index (χ3v) is 5.75. The molecule has 1 aliphatic rings. The summed E-state index contributed by atoms with van der Waals surface area (Å²) < 4.78 is 7.40. The van der Waals surface area contributed by atoms with Crippen LogP contribution in [0.3, 0.4) is 0 Å². The summed E-state index contributed by atoms with van der Waals surface area (Å²) in [6.45, 7) is 6.37. The number of benzene rings is 2. The Kier molecular flexibility index (Phi) is 6.07. The van der Waals surface area contributed by atoms with Gasteiger partial charge in [0.05, 0.1) is 5.56 Å². The van der Waals surface area contributed by atoms with E-state index in [1.807, 2.05) is 73.0 Å². The number of hydrogen-bond donors (Lipinski definition) is 0. The standard InChI is InChI=1S/C25H27N3O3/c1-19-17-23(20(2)28(19)22-11-7-4-8-12-22)25(30)31-18-24(29)27-15-13-26(14-16-27)21-9-5-3-6-10-21/h3-12,17H,13-16,18H2,1-2H3. The number of aryl methyl sites for hydroxylation is 1. The number of esters is 1. The van der Waals surface area contributed by atoms with E-state index in [0.717, 1.165) is 35.9 Å². The highest BCUT2D eigenvalue weighted by molar-refractivity contribution is 5.93. The van der Waals surface area contributed by atoms with Crippen molar-refractivity contribution in [1.29, 1.82) is 0 Å². The van der Waals surface area contributed by atoms with Crippen molar-refractivity contribution in [1.82, 2.24) is 9.47 Å². The second-order valence-electron chi connectivity index (χ2n) is 7.74. The second-order valence-corrected chi connectivity index (χ2v) is 7.74. The van der Waals surface area contributed by atoms with Crippen LogP contribution >= 0.6 is 0 Å². The fourth-order valence-electron chi connectivity index (χ4n) is 4.09. The highest BCUT2D eigenvalue weighted by Gasteiger charge is 2.24. The van der Waals surface area contributed by atoms with Gasteiger partial charge >= 0.3 is 5.97 Å². The van der Waals surface area contributed by atoms with Crippen molar-refractivity contribution in [3.63, 3.8) is 0 Å². The molecule has 2 aromatic carbocycles. The molecule has 0 saturated carbocycles. The van der Waals surface area contributed by atoms with Crippen LogP contribution in [0.1, 0.15) is 21.7 Å². The van der Waals surface area contributed by atoms with E-state index >= 15 is 0 Å². The normalized spacial score (nSPS) is 13.9. The van der Waals surface area contributed by atoms with E-state index in [9.17, 15) is 9.59 Å². The van der Waals surface area contributed by atoms with Gasteiger partial charge in [-0.15, -0.1) is 0 Å². The van der Waals surface area contributed by atoms with E-state index in [2.05, 4.69) is 17.0 Å². The highest BCUT2D eigenvalue weighted by atomic mass is 16.5. The van der Waals surface area contributed by atoms with Crippen LogP contribution in [0.4, 0.5) is 5.69 Å². The van der Waals surface area contributed by atoms with Gasteiger partial charge in [-0.3, -0.25) is 4.79 Å². The van der Waals surface area contributed by atoms with Gasteiger partial charge in [0.15, 0.2) is 6.61 Å². The minimum atomic E-state index is -0.466. The number of nitrogens with zero attached hydrogens (tertiary/aromatic N) is 3. The lowest BCUT2D eigenvalue weighted by molar-refractivity contribution is -0.134. The Bertz CT molecular complexity index is 1050. The number of carbonyl (C=O) groups excluding carboxylic acids is 2. The molecule has 160 valence electrons. The van der Waals surface area contributed by atoms with Crippen molar-refractivity contribution in [2.45, 2.75) is 13.8 Å². The van der Waals surface area contributed by atoms with Gasteiger partial charge in [-0.2, -0.15) is 0 Å². The average Bonchev–Trinajstić information content (AvgIpc) is 3.12. The van der Waals surface area contributed by atoms with Crippen molar-refractivity contribution in [2.24, 2.45) is 0 Å². The van der Waals surface area contributed by atoms with Crippen LogP contribution < -0.4 is 4.90 Å². The van der Waals surface area contributed by atoms with E-state index in [0.29, 0.717) is 18.7 Å². The van der Waals surface area contributed by atoms with Crippen LogP contribution in [0.15, 0.2) is 66.7 Å². The molecule has 0 N–H and O–H groups in total. The molecular formula is C25H27N3O3. The van der Waals surface area contributed by atoms with E-state index in [4.69, 9.17) is 4.74 Å². The number of anilines is 1. The largest absolute Gasteiger partial charge is 0.452 e. The summed E-state index contributed by atoms with van der Waals surface area (Å²) in [7, 11) is 0. The first kappa shape index (κ1) is 20.7. The first-order valence-electron chi connectivity index (χ1n) is 10.5. The summed E-state index contributed by atoms with van der Waals surface area (Å²) in [4.78, 5) is 29.3. The fraction of sp³-hybridized carbons (Fsp3) is 0.280. The van der Waals surface area contributed by atoms with Crippen LogP contribution in [-0.4, -0.2) is 54.1 Å². The lowest BCUT2D eigenvalue weighted by atomic mass is 10.2. The molecule has 4 rings (SSSR count). The molecule has 6 nitrogen and oxygen atoms in total. The minimum absolute atomic E-state index is 0.155. The van der Waals surface area contributed by atoms with Gasteiger partial charge in [0, 0.05) is 48.9 Å². The van der Waals surface area contributed by atoms with Crippen LogP contribution in [0, 0.1) is 13.8 Å². The first-order valence-corrected chi connectivity index (χ1v) is 10.5. The van der Waals surface area contributed by atoms with Gasteiger partial charge in [0.2, 0.25) is 0 Å². The third kappa shape index (κ3) is 4.48. The number of para-hydroxylation sites is 2. The SMILES string of the molecule is Cc1cc(C(=O)OCC(=O)N2CCN(c3ccccc3)CC2)c(C)n1-c1ccccc1. The summed E-state index contributed by atoms with van der Waals surface area (Å²) in [6.07, 6.45) is 0. The van der Waals surface area contributed by atoms with Crippen LogP contribution in [-0.2, 0) is 9.53 Å². The zero-order chi connectivity index (χ0) is 21.8. The molecule has 3 aromatic rings. The zero-order valence-corrected chi connectivity index (χ0v) is 18.0. The maximum atomic E-state index is 12.7. The summed E-state index contributed by atoms with van der Waals surface area (Å²) in [5.74, 6) is -0.621. The Morgan fingerprint density at radius 2 is 1.42 bits per heavy atom. The van der Waals surface area contributed by atoms with Gasteiger partial charge in [-0.1, -0.05) is 36.4 Å². The van der Waals surface area contributed by atoms with Crippen molar-refractivity contribution in [3.8, 4) is 5.69 Å². The van der Waals surface area contributed by atoms with E-state index in [1.165, 1.54) is 0 Å². The minimum Gasteiger partial charge on any atom is -0.452 e. The predicted octanol–water partition coefficient (Wildman–Crippen LogP) is 3.60. The molecular weight excluding hydrogens is 390 g/mol. The van der Waals surface area contributed by atoms with E-state index < -0.39 is 5.97 Å². The van der Waals surface area contributed by atoms with Crippen LogP contribution in [0.25, 0.3) is 5.69 Å². The number of rotatable bonds is 5.